The number of hydrogen-bond acceptors (Lipinski definition) is 6. The predicted octanol–water partition coefficient (Wildman–Crippen LogP) is 4.01. The molecule has 1 saturated heterocycles. The van der Waals surface area contributed by atoms with Gasteiger partial charge in [-0.1, -0.05) is 42.5 Å². The number of benzene rings is 2. The number of carboxylic acid groups (broad SMARTS) is 1. The first-order chi connectivity index (χ1) is 17.4. The third-order valence-corrected chi connectivity index (χ3v) is 5.98. The number of aromatic nitrogens is 2. The molecule has 8 heteroatoms. The van der Waals surface area contributed by atoms with Crippen LogP contribution in [0.5, 0.6) is 0 Å². The Morgan fingerprint density at radius 2 is 1.72 bits per heavy atom. The van der Waals surface area contributed by atoms with Crippen molar-refractivity contribution in [1.82, 2.24) is 9.97 Å². The number of hydrogen-bond donors (Lipinski definition) is 2. The maximum atomic E-state index is 12.3. The molecule has 0 bridgehead atoms. The van der Waals surface area contributed by atoms with Crippen molar-refractivity contribution in [2.45, 2.75) is 25.7 Å². The molecule has 186 valence electrons. The predicted molar refractivity (Wildman–Crippen MR) is 142 cm³/mol. The van der Waals surface area contributed by atoms with Gasteiger partial charge in [-0.05, 0) is 42.2 Å². The summed E-state index contributed by atoms with van der Waals surface area (Å²) in [4.78, 5) is 37.4. The van der Waals surface area contributed by atoms with Crippen LogP contribution >= 0.6 is 0 Å². The van der Waals surface area contributed by atoms with Crippen LogP contribution in [-0.2, 0) is 22.4 Å². The van der Waals surface area contributed by atoms with Crippen molar-refractivity contribution in [2.24, 2.45) is 0 Å². The maximum Gasteiger partial charge on any atom is 0.308 e. The Labute approximate surface area is 211 Å². The first-order valence-electron chi connectivity index (χ1n) is 12.1. The van der Waals surface area contributed by atoms with E-state index in [0.717, 1.165) is 42.9 Å². The summed E-state index contributed by atoms with van der Waals surface area (Å²) < 4.78 is 0. The summed E-state index contributed by atoms with van der Waals surface area (Å²) in [5.74, 6) is 0.898. The van der Waals surface area contributed by atoms with Gasteiger partial charge in [0.05, 0.1) is 6.42 Å². The average molecular weight is 486 g/mol. The Hall–Kier alpha value is -4.20. The van der Waals surface area contributed by atoms with Gasteiger partial charge in [-0.2, -0.15) is 0 Å². The Morgan fingerprint density at radius 1 is 1.03 bits per heavy atom. The van der Waals surface area contributed by atoms with Gasteiger partial charge in [-0.15, -0.1) is 0 Å². The van der Waals surface area contributed by atoms with Gasteiger partial charge < -0.3 is 20.2 Å². The number of nitrogens with one attached hydrogen (secondary N) is 1. The largest absolute Gasteiger partial charge is 0.481 e. The fourth-order valence-corrected chi connectivity index (χ4v) is 4.26. The van der Waals surface area contributed by atoms with Gasteiger partial charge in [0.1, 0.15) is 17.5 Å². The van der Waals surface area contributed by atoms with Crippen molar-refractivity contribution in [3.63, 3.8) is 0 Å². The van der Waals surface area contributed by atoms with Crippen LogP contribution < -0.4 is 15.1 Å². The molecule has 1 aliphatic rings. The van der Waals surface area contributed by atoms with Crippen LogP contribution in [0.4, 0.5) is 17.3 Å². The highest BCUT2D eigenvalue weighted by atomic mass is 16.4. The molecule has 0 radical (unpaired) electrons. The second kappa shape index (κ2) is 11.5. The molecule has 2 N–H and O–H groups in total. The van der Waals surface area contributed by atoms with E-state index in [4.69, 9.17) is 9.97 Å². The number of nitrogens with zero attached hydrogens (tertiary/aromatic N) is 4. The fourth-order valence-electron chi connectivity index (χ4n) is 4.26. The molecular formula is C28H31N5O3. The van der Waals surface area contributed by atoms with E-state index in [1.807, 2.05) is 73.6 Å². The molecule has 8 nitrogen and oxygen atoms in total. The monoisotopic (exact) mass is 485 g/mol. The van der Waals surface area contributed by atoms with Crippen molar-refractivity contribution in [3.8, 4) is 0 Å². The zero-order chi connectivity index (χ0) is 25.5. The zero-order valence-corrected chi connectivity index (χ0v) is 20.6. The molecule has 0 spiro atoms. The third-order valence-electron chi connectivity index (χ3n) is 5.98. The van der Waals surface area contributed by atoms with Gasteiger partial charge in [0.25, 0.3) is 0 Å². The van der Waals surface area contributed by atoms with Crippen LogP contribution in [0.1, 0.15) is 35.4 Å². The second-order valence-corrected chi connectivity index (χ2v) is 9.03. The first kappa shape index (κ1) is 24.9. The number of amides is 1. The molecule has 4 rings (SSSR count). The molecule has 0 unspecified atom stereocenters. The van der Waals surface area contributed by atoms with E-state index in [1.165, 1.54) is 6.08 Å². The van der Waals surface area contributed by atoms with E-state index in [9.17, 15) is 14.7 Å². The summed E-state index contributed by atoms with van der Waals surface area (Å²) >= 11 is 0. The summed E-state index contributed by atoms with van der Waals surface area (Å²) in [6, 6.07) is 17.3. The molecule has 0 saturated carbocycles. The van der Waals surface area contributed by atoms with Crippen LogP contribution in [0.15, 0.2) is 60.7 Å². The Morgan fingerprint density at radius 3 is 2.36 bits per heavy atom. The average Bonchev–Trinajstić information content (AvgIpc) is 3.40. The minimum absolute atomic E-state index is 0.118. The number of aliphatic carboxylic acids is 1. The highest BCUT2D eigenvalue weighted by molar-refractivity contribution is 6.01. The van der Waals surface area contributed by atoms with Gasteiger partial charge >= 0.3 is 5.97 Å². The third kappa shape index (κ3) is 6.47. The van der Waals surface area contributed by atoms with Crippen LogP contribution in [0, 0.1) is 0 Å². The summed E-state index contributed by atoms with van der Waals surface area (Å²) in [7, 11) is 3.74. The van der Waals surface area contributed by atoms with E-state index in [0.29, 0.717) is 29.3 Å². The smallest absolute Gasteiger partial charge is 0.308 e. The van der Waals surface area contributed by atoms with Crippen molar-refractivity contribution in [2.75, 3.05) is 42.3 Å². The topological polar surface area (TPSA) is 98.7 Å². The number of carbonyl (C=O) groups excluding carboxylic acids is 1. The quantitative estimate of drug-likeness (QED) is 0.442. The van der Waals surface area contributed by atoms with E-state index in [1.54, 1.807) is 6.08 Å². The lowest BCUT2D eigenvalue weighted by Crippen LogP contribution is -2.26. The van der Waals surface area contributed by atoms with Gasteiger partial charge in [0, 0.05) is 50.9 Å². The lowest BCUT2D eigenvalue weighted by molar-refractivity contribution is -0.136. The highest BCUT2D eigenvalue weighted by Gasteiger charge is 2.24. The summed E-state index contributed by atoms with van der Waals surface area (Å²) in [5, 5.41) is 12.4. The second-order valence-electron chi connectivity index (χ2n) is 9.03. The zero-order valence-electron chi connectivity index (χ0n) is 20.6. The summed E-state index contributed by atoms with van der Waals surface area (Å²) in [6.07, 6.45) is 5.80. The Kier molecular flexibility index (Phi) is 7.95. The van der Waals surface area contributed by atoms with E-state index < -0.39 is 5.97 Å². The lowest BCUT2D eigenvalue weighted by Gasteiger charge is -2.24. The van der Waals surface area contributed by atoms with Gasteiger partial charge in [-0.25, -0.2) is 9.97 Å². The molecule has 1 amide bonds. The molecule has 36 heavy (non-hydrogen) atoms. The van der Waals surface area contributed by atoms with Crippen LogP contribution in [0.25, 0.3) is 6.08 Å². The van der Waals surface area contributed by atoms with E-state index >= 15 is 0 Å². The van der Waals surface area contributed by atoms with Crippen molar-refractivity contribution >= 4 is 35.3 Å². The maximum absolute atomic E-state index is 12.3. The number of rotatable bonds is 9. The Balaban J connectivity index is 1.50. The fraction of sp³-hybridized carbons (Fsp3) is 0.286. The number of carboxylic acids is 1. The van der Waals surface area contributed by atoms with Crippen LogP contribution in [0.2, 0.25) is 0 Å². The molecule has 1 fully saturated rings. The molecule has 1 aliphatic heterocycles. The SMILES string of the molecule is CN(C)c1nc(Cc2ccc(NC(=O)C=Cc3ccccc3)cc2)nc(N2CCCC2)c1CC(=O)O. The normalized spacial score (nSPS) is 13.2. The van der Waals surface area contributed by atoms with Crippen molar-refractivity contribution in [1.29, 1.82) is 0 Å². The van der Waals surface area contributed by atoms with Crippen molar-refractivity contribution < 1.29 is 14.7 Å². The minimum atomic E-state index is -0.897. The summed E-state index contributed by atoms with van der Waals surface area (Å²) in [6.45, 7) is 1.73. The number of carbonyl (C=O) groups is 2. The van der Waals surface area contributed by atoms with Crippen molar-refractivity contribution in [3.05, 3.63) is 83.2 Å². The molecule has 2 heterocycles. The van der Waals surface area contributed by atoms with E-state index in [2.05, 4.69) is 10.2 Å². The number of anilines is 3. The molecule has 0 aliphatic carbocycles. The summed E-state index contributed by atoms with van der Waals surface area (Å²) in [5.41, 5.74) is 3.31. The van der Waals surface area contributed by atoms with Crippen LogP contribution in [0.3, 0.4) is 0 Å². The van der Waals surface area contributed by atoms with Gasteiger partial charge in [-0.3, -0.25) is 9.59 Å². The van der Waals surface area contributed by atoms with Gasteiger partial charge in [0.15, 0.2) is 0 Å². The lowest BCUT2D eigenvalue weighted by atomic mass is 10.1. The minimum Gasteiger partial charge on any atom is -0.481 e. The molecule has 1 aromatic heterocycles. The first-order valence-corrected chi connectivity index (χ1v) is 12.1. The molecule has 3 aromatic rings. The molecule has 2 aromatic carbocycles. The standard InChI is InChI=1S/C28H31N5O3/c1-32(2)27-23(19-26(35)36)28(33-16-6-7-17-33)31-24(30-27)18-21-10-13-22(14-11-21)29-25(34)15-12-20-8-4-3-5-9-20/h3-5,8-15H,6-7,16-19H2,1-2H3,(H,29,34)(H,35,36). The van der Waals surface area contributed by atoms with Crippen LogP contribution in [-0.4, -0.2) is 54.1 Å². The highest BCUT2D eigenvalue weighted by Crippen LogP contribution is 2.30. The molecular weight excluding hydrogens is 454 g/mol. The van der Waals surface area contributed by atoms with E-state index in [-0.39, 0.29) is 12.3 Å². The Bertz CT molecular complexity index is 1230. The molecule has 0 atom stereocenters. The van der Waals surface area contributed by atoms with Gasteiger partial charge in [0.2, 0.25) is 5.91 Å².